The van der Waals surface area contributed by atoms with E-state index >= 15 is 0 Å². The van der Waals surface area contributed by atoms with E-state index in [9.17, 15) is 0 Å². The van der Waals surface area contributed by atoms with Gasteiger partial charge in [0.1, 0.15) is 6.61 Å². The van der Waals surface area contributed by atoms with E-state index < -0.39 is 0 Å². The number of thioether (sulfide) groups is 1. The molecule has 88 valence electrons. The molecule has 0 aromatic carbocycles. The number of rotatable bonds is 5. The summed E-state index contributed by atoms with van der Waals surface area (Å²) < 4.78 is 0. The van der Waals surface area contributed by atoms with Crippen molar-refractivity contribution in [1.82, 2.24) is 0 Å². The summed E-state index contributed by atoms with van der Waals surface area (Å²) >= 11 is 3.74. The van der Waals surface area contributed by atoms with Crippen molar-refractivity contribution in [3.63, 3.8) is 0 Å². The van der Waals surface area contributed by atoms with Crippen LogP contribution in [-0.2, 0) is 5.75 Å². The van der Waals surface area contributed by atoms with Gasteiger partial charge in [-0.1, -0.05) is 25.7 Å². The first-order valence-corrected chi connectivity index (χ1v) is 7.50. The molecule has 1 aromatic rings. The zero-order valence-corrected chi connectivity index (χ0v) is 11.5. The van der Waals surface area contributed by atoms with Crippen molar-refractivity contribution in [3.05, 3.63) is 21.9 Å². The summed E-state index contributed by atoms with van der Waals surface area (Å²) in [6.07, 6.45) is 1.28. The van der Waals surface area contributed by atoms with Crippen LogP contribution in [-0.4, -0.2) is 17.5 Å². The average molecular weight is 254 g/mol. The molecule has 0 radical (unpaired) electrons. The van der Waals surface area contributed by atoms with Gasteiger partial charge in [-0.15, -0.1) is 11.3 Å². The summed E-state index contributed by atoms with van der Waals surface area (Å²) in [5.74, 6) is 8.69. The van der Waals surface area contributed by atoms with Crippen LogP contribution in [0.25, 0.3) is 0 Å². The average Bonchev–Trinajstić information content (AvgIpc) is 2.69. The third kappa shape index (κ3) is 5.60. The van der Waals surface area contributed by atoms with E-state index in [1.165, 1.54) is 17.1 Å². The second-order valence-electron chi connectivity index (χ2n) is 4.00. The van der Waals surface area contributed by atoms with E-state index in [1.54, 1.807) is 11.3 Å². The van der Waals surface area contributed by atoms with E-state index in [-0.39, 0.29) is 6.61 Å². The van der Waals surface area contributed by atoms with Gasteiger partial charge in [-0.2, -0.15) is 11.8 Å². The lowest BCUT2D eigenvalue weighted by Crippen LogP contribution is -1.89. The van der Waals surface area contributed by atoms with Gasteiger partial charge in [0, 0.05) is 21.6 Å². The molecule has 0 saturated heterocycles. The van der Waals surface area contributed by atoms with E-state index in [2.05, 4.69) is 37.1 Å². The Labute approximate surface area is 106 Å². The van der Waals surface area contributed by atoms with Gasteiger partial charge in [0.2, 0.25) is 0 Å². The first-order chi connectivity index (χ1) is 7.72. The van der Waals surface area contributed by atoms with Crippen LogP contribution in [0.4, 0.5) is 0 Å². The molecule has 0 fully saturated rings. The number of aliphatic hydroxyl groups is 1. The van der Waals surface area contributed by atoms with Crippen LogP contribution in [0.5, 0.6) is 0 Å². The van der Waals surface area contributed by atoms with Crippen LogP contribution in [0.3, 0.4) is 0 Å². The fourth-order valence-corrected chi connectivity index (χ4v) is 3.34. The lowest BCUT2D eigenvalue weighted by molar-refractivity contribution is 0.350. The minimum atomic E-state index is -0.0612. The Balaban J connectivity index is 2.29. The normalized spacial score (nSPS) is 10.2. The predicted octanol–water partition coefficient (Wildman–Crippen LogP) is 3.37. The van der Waals surface area contributed by atoms with Crippen LogP contribution in [0.15, 0.2) is 11.4 Å². The molecule has 0 aliphatic rings. The summed E-state index contributed by atoms with van der Waals surface area (Å²) in [5, 5.41) is 10.6. The minimum absolute atomic E-state index is 0.0612. The third-order valence-corrected chi connectivity index (χ3v) is 4.21. The Morgan fingerprint density at radius 1 is 1.50 bits per heavy atom. The fourth-order valence-electron chi connectivity index (χ4n) is 1.16. The highest BCUT2D eigenvalue weighted by Crippen LogP contribution is 2.21. The zero-order chi connectivity index (χ0) is 11.8. The van der Waals surface area contributed by atoms with Crippen LogP contribution >= 0.6 is 23.1 Å². The fraction of sp³-hybridized carbons (Fsp3) is 0.538. The predicted molar refractivity (Wildman–Crippen MR) is 73.9 cm³/mol. The van der Waals surface area contributed by atoms with Gasteiger partial charge in [0.15, 0.2) is 0 Å². The zero-order valence-electron chi connectivity index (χ0n) is 9.82. The molecular weight excluding hydrogens is 236 g/mol. The Morgan fingerprint density at radius 2 is 2.31 bits per heavy atom. The molecule has 0 bridgehead atoms. The molecule has 1 aromatic heterocycles. The molecule has 0 saturated carbocycles. The van der Waals surface area contributed by atoms with E-state index in [1.807, 2.05) is 11.8 Å². The Bertz CT molecular complexity index is 357. The molecule has 0 atom stereocenters. The van der Waals surface area contributed by atoms with Crippen molar-refractivity contribution in [2.24, 2.45) is 5.92 Å². The van der Waals surface area contributed by atoms with Gasteiger partial charge in [0.25, 0.3) is 0 Å². The number of thiophene rings is 1. The Hall–Kier alpha value is -0.430. The van der Waals surface area contributed by atoms with Crippen molar-refractivity contribution in [1.29, 1.82) is 0 Å². The molecule has 3 heteroatoms. The van der Waals surface area contributed by atoms with Crippen LogP contribution in [0.1, 0.15) is 30.7 Å². The van der Waals surface area contributed by atoms with Crippen molar-refractivity contribution < 1.29 is 5.11 Å². The molecule has 0 aliphatic carbocycles. The second kappa shape index (κ2) is 7.78. The number of aliphatic hydroxyl groups excluding tert-OH is 1. The Morgan fingerprint density at radius 3 is 3.00 bits per heavy atom. The largest absolute Gasteiger partial charge is 0.384 e. The van der Waals surface area contributed by atoms with Crippen molar-refractivity contribution in [2.75, 3.05) is 12.4 Å². The van der Waals surface area contributed by atoms with Crippen molar-refractivity contribution >= 4 is 23.1 Å². The van der Waals surface area contributed by atoms with Gasteiger partial charge in [-0.05, 0) is 24.2 Å². The van der Waals surface area contributed by atoms with Crippen LogP contribution in [0, 0.1) is 17.8 Å². The van der Waals surface area contributed by atoms with Gasteiger partial charge < -0.3 is 5.11 Å². The maximum atomic E-state index is 8.59. The first-order valence-electron chi connectivity index (χ1n) is 5.47. The summed E-state index contributed by atoms with van der Waals surface area (Å²) in [7, 11) is 0. The lowest BCUT2D eigenvalue weighted by Gasteiger charge is -2.02. The molecule has 0 unspecified atom stereocenters. The Kier molecular flexibility index (Phi) is 6.63. The monoisotopic (exact) mass is 254 g/mol. The highest BCUT2D eigenvalue weighted by Gasteiger charge is 1.99. The van der Waals surface area contributed by atoms with Gasteiger partial charge in [-0.3, -0.25) is 0 Å². The summed E-state index contributed by atoms with van der Waals surface area (Å²) in [6, 6.07) is 2.12. The highest BCUT2D eigenvalue weighted by molar-refractivity contribution is 7.98. The summed E-state index contributed by atoms with van der Waals surface area (Å²) in [6.45, 7) is 4.46. The molecule has 0 spiro atoms. The molecule has 0 amide bonds. The van der Waals surface area contributed by atoms with Gasteiger partial charge in [0.05, 0.1) is 0 Å². The second-order valence-corrected chi connectivity index (χ2v) is 6.10. The van der Waals surface area contributed by atoms with Crippen LogP contribution in [0.2, 0.25) is 0 Å². The maximum Gasteiger partial charge on any atom is 0.104 e. The van der Waals surface area contributed by atoms with E-state index in [4.69, 9.17) is 5.11 Å². The van der Waals surface area contributed by atoms with Gasteiger partial charge >= 0.3 is 0 Å². The molecule has 0 aliphatic heterocycles. The molecule has 1 heterocycles. The van der Waals surface area contributed by atoms with E-state index in [0.29, 0.717) is 0 Å². The number of hydrogen-bond acceptors (Lipinski definition) is 3. The highest BCUT2D eigenvalue weighted by atomic mass is 32.2. The first kappa shape index (κ1) is 13.6. The molecule has 1 nitrogen and oxygen atoms in total. The van der Waals surface area contributed by atoms with Crippen molar-refractivity contribution in [2.45, 2.75) is 26.0 Å². The van der Waals surface area contributed by atoms with Crippen molar-refractivity contribution in [3.8, 4) is 11.8 Å². The summed E-state index contributed by atoms with van der Waals surface area (Å²) in [4.78, 5) is 1.37. The molecule has 1 rings (SSSR count). The molecule has 1 N–H and O–H groups in total. The van der Waals surface area contributed by atoms with Crippen LogP contribution < -0.4 is 0 Å². The summed E-state index contributed by atoms with van der Waals surface area (Å²) in [5.41, 5.74) is 1.03. The molecular formula is C13H18OS2. The minimum Gasteiger partial charge on any atom is -0.384 e. The van der Waals surface area contributed by atoms with E-state index in [0.717, 1.165) is 17.2 Å². The smallest absolute Gasteiger partial charge is 0.104 e. The SMILES string of the molecule is CC(C)CCSCc1cc(C#CCO)cs1. The van der Waals surface area contributed by atoms with Gasteiger partial charge in [-0.25, -0.2) is 0 Å². The standard InChI is InChI=1S/C13H18OS2/c1-11(2)5-7-15-10-13-8-12(9-16-13)4-3-6-14/h8-9,11,14H,5-7,10H2,1-2H3. The quantitative estimate of drug-likeness (QED) is 0.642. The topological polar surface area (TPSA) is 20.2 Å². The third-order valence-electron chi connectivity index (χ3n) is 2.05. The maximum absolute atomic E-state index is 8.59. The molecule has 16 heavy (non-hydrogen) atoms. The number of hydrogen-bond donors (Lipinski definition) is 1. The lowest BCUT2D eigenvalue weighted by atomic mass is 10.2.